The first kappa shape index (κ1) is 13.8. The first-order valence-corrected chi connectivity index (χ1v) is 7.13. The van der Waals surface area contributed by atoms with Crippen LogP contribution in [0.4, 0.5) is 0 Å². The Morgan fingerprint density at radius 3 is 2.90 bits per heavy atom. The van der Waals surface area contributed by atoms with Crippen molar-refractivity contribution in [3.05, 3.63) is 45.8 Å². The summed E-state index contributed by atoms with van der Waals surface area (Å²) in [5, 5.41) is 0.801. The second-order valence-corrected chi connectivity index (χ2v) is 5.53. The van der Waals surface area contributed by atoms with E-state index < -0.39 is 5.63 Å². The van der Waals surface area contributed by atoms with Gasteiger partial charge in [0.1, 0.15) is 11.1 Å². The molecular weight excluding hydrogens is 268 g/mol. The van der Waals surface area contributed by atoms with Crippen LogP contribution < -0.4 is 11.4 Å². The molecule has 1 aromatic heterocycles. The second-order valence-electron chi connectivity index (χ2n) is 5.53. The monoisotopic (exact) mass is 286 g/mol. The maximum Gasteiger partial charge on any atom is 0.349 e. The average molecular weight is 286 g/mol. The van der Waals surface area contributed by atoms with Gasteiger partial charge in [-0.25, -0.2) is 4.79 Å². The highest BCUT2D eigenvalue weighted by Gasteiger charge is 2.29. The summed E-state index contributed by atoms with van der Waals surface area (Å²) in [4.78, 5) is 26.5. The zero-order valence-corrected chi connectivity index (χ0v) is 12.0. The van der Waals surface area contributed by atoms with Crippen molar-refractivity contribution in [3.63, 3.8) is 0 Å². The molecule has 1 aliphatic heterocycles. The number of rotatable bonds is 2. The summed E-state index contributed by atoms with van der Waals surface area (Å²) in [5.41, 5.74) is 6.43. The van der Waals surface area contributed by atoms with Crippen LogP contribution >= 0.6 is 0 Å². The second kappa shape index (κ2) is 5.33. The van der Waals surface area contributed by atoms with Crippen LogP contribution in [0, 0.1) is 12.8 Å². The van der Waals surface area contributed by atoms with Gasteiger partial charge in [-0.15, -0.1) is 0 Å². The molecule has 3 rings (SSSR count). The van der Waals surface area contributed by atoms with Crippen LogP contribution in [0.5, 0.6) is 0 Å². The lowest BCUT2D eigenvalue weighted by atomic mass is 10.1. The summed E-state index contributed by atoms with van der Waals surface area (Å²) in [6, 6.07) is 7.26. The quantitative estimate of drug-likeness (QED) is 0.849. The molecule has 1 atom stereocenters. The van der Waals surface area contributed by atoms with Crippen molar-refractivity contribution >= 4 is 16.9 Å². The van der Waals surface area contributed by atoms with Crippen LogP contribution in [-0.2, 0) is 0 Å². The highest BCUT2D eigenvalue weighted by atomic mass is 16.4. The molecule has 1 aliphatic rings. The number of fused-ring (bicyclic) bond motifs is 1. The predicted molar refractivity (Wildman–Crippen MR) is 80.3 cm³/mol. The largest absolute Gasteiger partial charge is 0.422 e. The van der Waals surface area contributed by atoms with Crippen LogP contribution in [0.2, 0.25) is 0 Å². The van der Waals surface area contributed by atoms with Gasteiger partial charge in [-0.2, -0.15) is 0 Å². The predicted octanol–water partition coefficient (Wildman–Crippen LogP) is 1.52. The molecule has 2 heterocycles. The summed E-state index contributed by atoms with van der Waals surface area (Å²) in [7, 11) is 0. The van der Waals surface area contributed by atoms with Crippen molar-refractivity contribution in [1.82, 2.24) is 4.90 Å². The third-order valence-electron chi connectivity index (χ3n) is 4.19. The van der Waals surface area contributed by atoms with Crippen molar-refractivity contribution in [2.24, 2.45) is 11.7 Å². The number of amides is 1. The maximum absolute atomic E-state index is 12.6. The van der Waals surface area contributed by atoms with E-state index in [1.807, 2.05) is 12.1 Å². The molecule has 2 aromatic rings. The molecular formula is C16H18N2O3. The smallest absolute Gasteiger partial charge is 0.349 e. The number of hydrogen-bond donors (Lipinski definition) is 1. The van der Waals surface area contributed by atoms with E-state index in [1.54, 1.807) is 24.0 Å². The number of carbonyl (C=O) groups is 1. The summed E-state index contributed by atoms with van der Waals surface area (Å²) in [6.07, 6.45) is 0.889. The lowest BCUT2D eigenvalue weighted by Gasteiger charge is -2.17. The van der Waals surface area contributed by atoms with Crippen LogP contribution in [-0.4, -0.2) is 30.4 Å². The van der Waals surface area contributed by atoms with Crippen LogP contribution in [0.25, 0.3) is 11.0 Å². The van der Waals surface area contributed by atoms with E-state index in [4.69, 9.17) is 10.2 Å². The van der Waals surface area contributed by atoms with Gasteiger partial charge in [-0.3, -0.25) is 4.79 Å². The Labute approximate surface area is 122 Å². The van der Waals surface area contributed by atoms with Crippen LogP contribution in [0.15, 0.2) is 33.5 Å². The molecule has 21 heavy (non-hydrogen) atoms. The highest BCUT2D eigenvalue weighted by Crippen LogP contribution is 2.22. The molecule has 0 radical (unpaired) electrons. The first-order chi connectivity index (χ1) is 10.1. The van der Waals surface area contributed by atoms with E-state index in [2.05, 4.69) is 0 Å². The Morgan fingerprint density at radius 2 is 2.19 bits per heavy atom. The van der Waals surface area contributed by atoms with Crippen molar-refractivity contribution in [1.29, 1.82) is 0 Å². The minimum absolute atomic E-state index is 0.145. The van der Waals surface area contributed by atoms with Gasteiger partial charge in [-0.1, -0.05) is 18.2 Å². The van der Waals surface area contributed by atoms with Gasteiger partial charge in [-0.05, 0) is 37.4 Å². The lowest BCUT2D eigenvalue weighted by Crippen LogP contribution is -2.33. The Balaban J connectivity index is 2.04. The number of para-hydroxylation sites is 1. The fourth-order valence-corrected chi connectivity index (χ4v) is 2.92. The molecule has 0 aliphatic carbocycles. The van der Waals surface area contributed by atoms with Gasteiger partial charge in [0, 0.05) is 18.5 Å². The minimum atomic E-state index is -0.563. The minimum Gasteiger partial charge on any atom is -0.422 e. The normalized spacial score (nSPS) is 18.4. The lowest BCUT2D eigenvalue weighted by molar-refractivity contribution is 0.0783. The van der Waals surface area contributed by atoms with Crippen molar-refractivity contribution in [3.8, 4) is 0 Å². The van der Waals surface area contributed by atoms with E-state index in [0.717, 1.165) is 11.8 Å². The Hall–Kier alpha value is -2.14. The number of benzene rings is 1. The zero-order chi connectivity index (χ0) is 15.0. The standard InChI is InChI=1S/C16H18N2O3/c1-10-12-4-2-3-5-13(12)21-16(20)14(10)15(19)18-7-6-11(8-17)9-18/h2-5,11H,6-9,17H2,1H3. The fourth-order valence-electron chi connectivity index (χ4n) is 2.92. The average Bonchev–Trinajstić information content (AvgIpc) is 2.96. The molecule has 110 valence electrons. The van der Waals surface area contributed by atoms with E-state index in [-0.39, 0.29) is 11.5 Å². The topological polar surface area (TPSA) is 76.5 Å². The third-order valence-corrected chi connectivity index (χ3v) is 4.19. The molecule has 1 aromatic carbocycles. The van der Waals surface area contributed by atoms with Gasteiger partial charge in [0.25, 0.3) is 5.91 Å². The van der Waals surface area contributed by atoms with Gasteiger partial charge < -0.3 is 15.1 Å². The number of hydrogen-bond acceptors (Lipinski definition) is 4. The molecule has 0 spiro atoms. The Morgan fingerprint density at radius 1 is 1.43 bits per heavy atom. The molecule has 1 amide bonds. The van der Waals surface area contributed by atoms with Gasteiger partial charge in [0.05, 0.1) is 0 Å². The molecule has 1 saturated heterocycles. The highest BCUT2D eigenvalue weighted by molar-refractivity contribution is 5.99. The summed E-state index contributed by atoms with van der Waals surface area (Å²) in [6.45, 7) is 3.62. The molecule has 5 heteroatoms. The summed E-state index contributed by atoms with van der Waals surface area (Å²) < 4.78 is 5.28. The Kier molecular flexibility index (Phi) is 3.51. The maximum atomic E-state index is 12.6. The molecule has 0 bridgehead atoms. The van der Waals surface area contributed by atoms with E-state index >= 15 is 0 Å². The number of nitrogens with zero attached hydrogens (tertiary/aromatic N) is 1. The molecule has 0 saturated carbocycles. The number of likely N-dealkylation sites (tertiary alicyclic amines) is 1. The van der Waals surface area contributed by atoms with Gasteiger partial charge >= 0.3 is 5.63 Å². The molecule has 2 N–H and O–H groups in total. The first-order valence-electron chi connectivity index (χ1n) is 7.13. The number of nitrogens with two attached hydrogens (primary N) is 1. The molecule has 1 fully saturated rings. The zero-order valence-electron chi connectivity index (χ0n) is 12.0. The van der Waals surface area contributed by atoms with Crippen LogP contribution in [0.3, 0.4) is 0 Å². The number of aryl methyl sites for hydroxylation is 1. The van der Waals surface area contributed by atoms with Crippen molar-refractivity contribution < 1.29 is 9.21 Å². The summed E-state index contributed by atoms with van der Waals surface area (Å²) >= 11 is 0. The Bertz CT molecular complexity index is 751. The van der Waals surface area contributed by atoms with Gasteiger partial charge in [0.15, 0.2) is 0 Å². The van der Waals surface area contributed by atoms with Crippen molar-refractivity contribution in [2.75, 3.05) is 19.6 Å². The fraction of sp³-hybridized carbons (Fsp3) is 0.375. The SMILES string of the molecule is Cc1c(C(=O)N2CCC(CN)C2)c(=O)oc2ccccc12. The number of carbonyl (C=O) groups excluding carboxylic acids is 1. The van der Waals surface area contributed by atoms with E-state index in [1.165, 1.54) is 0 Å². The molecule has 1 unspecified atom stereocenters. The van der Waals surface area contributed by atoms with E-state index in [0.29, 0.717) is 36.7 Å². The van der Waals surface area contributed by atoms with Crippen molar-refractivity contribution in [2.45, 2.75) is 13.3 Å². The van der Waals surface area contributed by atoms with E-state index in [9.17, 15) is 9.59 Å². The van der Waals surface area contributed by atoms with Gasteiger partial charge in [0.2, 0.25) is 0 Å². The summed E-state index contributed by atoms with van der Waals surface area (Å²) in [5.74, 6) is 0.0738. The third kappa shape index (κ3) is 2.34. The molecule has 5 nitrogen and oxygen atoms in total. The van der Waals surface area contributed by atoms with Crippen LogP contribution in [0.1, 0.15) is 22.3 Å².